The van der Waals surface area contributed by atoms with Gasteiger partial charge in [-0.15, -0.1) is 13.2 Å². The summed E-state index contributed by atoms with van der Waals surface area (Å²) in [7, 11) is 0. The number of rotatable bonds is 6. The molecule has 2 aromatic carbocycles. The number of non-ortho nitro benzene ring substituents is 1. The summed E-state index contributed by atoms with van der Waals surface area (Å²) in [6.07, 6.45) is -4.87. The van der Waals surface area contributed by atoms with Crippen LogP contribution in [0.15, 0.2) is 48.5 Å². The smallest absolute Gasteiger partial charge is 0.406 e. The van der Waals surface area contributed by atoms with Crippen molar-refractivity contribution in [3.05, 3.63) is 64.2 Å². The molecule has 0 spiro atoms. The number of halogens is 3. The van der Waals surface area contributed by atoms with Crippen molar-refractivity contribution < 1.29 is 32.4 Å². The van der Waals surface area contributed by atoms with E-state index in [1.165, 1.54) is 37.3 Å². The van der Waals surface area contributed by atoms with Gasteiger partial charge in [0.05, 0.1) is 4.92 Å². The number of carbonyl (C=O) groups is 2. The third-order valence-electron chi connectivity index (χ3n) is 3.40. The molecule has 0 aliphatic heterocycles. The molecule has 0 bridgehead atoms. The molecule has 0 saturated heterocycles. The molecule has 1 unspecified atom stereocenters. The molecule has 0 heterocycles. The maximum atomic E-state index is 12.2. The van der Waals surface area contributed by atoms with E-state index in [9.17, 15) is 32.9 Å². The number of nitro groups is 1. The second-order valence-electron chi connectivity index (χ2n) is 5.57. The van der Waals surface area contributed by atoms with Crippen LogP contribution in [0.3, 0.4) is 0 Å². The summed E-state index contributed by atoms with van der Waals surface area (Å²) in [5, 5.41) is 15.4. The molecule has 1 atom stereocenters. The first-order valence-electron chi connectivity index (χ1n) is 7.77. The van der Waals surface area contributed by atoms with E-state index in [1.54, 1.807) is 0 Å². The number of anilines is 1. The lowest BCUT2D eigenvalue weighted by atomic mass is 10.1. The van der Waals surface area contributed by atoms with Crippen molar-refractivity contribution in [2.75, 3.05) is 5.32 Å². The van der Waals surface area contributed by atoms with Gasteiger partial charge in [0, 0.05) is 29.4 Å². The van der Waals surface area contributed by atoms with E-state index < -0.39 is 34.9 Å². The Kier molecular flexibility index (Phi) is 6.18. The number of nitrogens with one attached hydrogen (secondary N) is 2. The number of benzene rings is 2. The maximum Gasteiger partial charge on any atom is 0.573 e. The molecular formula is C17H14F3N3O5. The summed E-state index contributed by atoms with van der Waals surface area (Å²) in [6, 6.07) is 8.49. The number of amides is 2. The number of alkyl halides is 3. The molecule has 8 nitrogen and oxygen atoms in total. The third-order valence-corrected chi connectivity index (χ3v) is 3.40. The highest BCUT2D eigenvalue weighted by atomic mass is 19.4. The second kappa shape index (κ2) is 8.37. The van der Waals surface area contributed by atoms with E-state index in [4.69, 9.17) is 0 Å². The quantitative estimate of drug-likeness (QED) is 0.574. The predicted molar refractivity (Wildman–Crippen MR) is 91.8 cm³/mol. The van der Waals surface area contributed by atoms with Crippen molar-refractivity contribution >= 4 is 23.2 Å². The molecule has 28 heavy (non-hydrogen) atoms. The lowest BCUT2D eigenvalue weighted by molar-refractivity contribution is -0.384. The molecule has 11 heteroatoms. The molecule has 0 aromatic heterocycles. The van der Waals surface area contributed by atoms with Crippen molar-refractivity contribution in [2.45, 2.75) is 19.3 Å². The highest BCUT2D eigenvalue weighted by Crippen LogP contribution is 2.25. The minimum Gasteiger partial charge on any atom is -0.406 e. The lowest BCUT2D eigenvalue weighted by Crippen LogP contribution is -2.41. The Morgan fingerprint density at radius 3 is 2.46 bits per heavy atom. The summed E-state index contributed by atoms with van der Waals surface area (Å²) in [5.41, 5.74) is -0.274. The van der Waals surface area contributed by atoms with Crippen molar-refractivity contribution in [1.82, 2.24) is 5.32 Å². The molecule has 148 valence electrons. The van der Waals surface area contributed by atoms with Crippen LogP contribution in [0.2, 0.25) is 0 Å². The van der Waals surface area contributed by atoms with E-state index in [0.717, 1.165) is 18.2 Å². The van der Waals surface area contributed by atoms with Crippen molar-refractivity contribution in [3.8, 4) is 5.75 Å². The summed E-state index contributed by atoms with van der Waals surface area (Å²) < 4.78 is 40.5. The normalized spacial score (nSPS) is 12.0. The number of carbonyl (C=O) groups excluding carboxylic acids is 2. The van der Waals surface area contributed by atoms with Crippen LogP contribution in [-0.2, 0) is 4.79 Å². The first kappa shape index (κ1) is 20.7. The van der Waals surface area contributed by atoms with Gasteiger partial charge in [0.15, 0.2) is 0 Å². The molecular weight excluding hydrogens is 383 g/mol. The molecule has 2 amide bonds. The Morgan fingerprint density at radius 1 is 1.14 bits per heavy atom. The number of ether oxygens (including phenoxy) is 1. The van der Waals surface area contributed by atoms with Gasteiger partial charge in [0.25, 0.3) is 11.6 Å². The molecule has 0 aliphatic rings. The molecule has 2 rings (SSSR count). The standard InChI is InChI=1S/C17H14F3N3O5/c1-10(21-16(25)11-4-2-6-13(8-11)23(26)27)15(24)22-12-5-3-7-14(9-12)28-17(18,19)20/h2-10H,1H3,(H,21,25)(H,22,24). The Morgan fingerprint density at radius 2 is 1.82 bits per heavy atom. The average molecular weight is 397 g/mol. The van der Waals surface area contributed by atoms with Gasteiger partial charge in [-0.05, 0) is 25.1 Å². The summed E-state index contributed by atoms with van der Waals surface area (Å²) in [6.45, 7) is 1.35. The average Bonchev–Trinajstić information content (AvgIpc) is 2.60. The van der Waals surface area contributed by atoms with Crippen molar-refractivity contribution in [3.63, 3.8) is 0 Å². The van der Waals surface area contributed by atoms with Gasteiger partial charge in [-0.25, -0.2) is 0 Å². The van der Waals surface area contributed by atoms with Gasteiger partial charge in [0.2, 0.25) is 5.91 Å². The second-order valence-corrected chi connectivity index (χ2v) is 5.57. The molecule has 0 radical (unpaired) electrons. The number of nitro benzene ring substituents is 1. The summed E-state index contributed by atoms with van der Waals surface area (Å²) in [4.78, 5) is 34.4. The van der Waals surface area contributed by atoms with Crippen LogP contribution in [0.1, 0.15) is 17.3 Å². The van der Waals surface area contributed by atoms with E-state index in [1.807, 2.05) is 0 Å². The maximum absolute atomic E-state index is 12.2. The van der Waals surface area contributed by atoms with Crippen LogP contribution in [0.5, 0.6) is 5.75 Å². The largest absolute Gasteiger partial charge is 0.573 e. The first-order chi connectivity index (χ1) is 13.0. The predicted octanol–water partition coefficient (Wildman–Crippen LogP) is 3.25. The van der Waals surface area contributed by atoms with Crippen molar-refractivity contribution in [2.24, 2.45) is 0 Å². The monoisotopic (exact) mass is 397 g/mol. The molecule has 0 aliphatic carbocycles. The van der Waals surface area contributed by atoms with Crippen molar-refractivity contribution in [1.29, 1.82) is 0 Å². The molecule has 2 aromatic rings. The van der Waals surface area contributed by atoms with Crippen LogP contribution in [0.25, 0.3) is 0 Å². The van der Waals surface area contributed by atoms with Gasteiger partial charge in [-0.1, -0.05) is 12.1 Å². The van der Waals surface area contributed by atoms with E-state index in [0.29, 0.717) is 0 Å². The van der Waals surface area contributed by atoms with Gasteiger partial charge < -0.3 is 15.4 Å². The van der Waals surface area contributed by atoms with Gasteiger partial charge >= 0.3 is 6.36 Å². The van der Waals surface area contributed by atoms with Gasteiger partial charge in [-0.3, -0.25) is 19.7 Å². The van der Waals surface area contributed by atoms with Crippen LogP contribution in [-0.4, -0.2) is 29.1 Å². The zero-order valence-electron chi connectivity index (χ0n) is 14.3. The van der Waals surface area contributed by atoms with Gasteiger partial charge in [0.1, 0.15) is 11.8 Å². The SMILES string of the molecule is CC(NC(=O)c1cccc([N+](=O)[O-])c1)C(=O)Nc1cccc(OC(F)(F)F)c1. The topological polar surface area (TPSA) is 111 Å². The first-order valence-corrected chi connectivity index (χ1v) is 7.77. The summed E-state index contributed by atoms with van der Waals surface area (Å²) in [5.74, 6) is -1.94. The number of hydrogen-bond donors (Lipinski definition) is 2. The number of nitrogens with zero attached hydrogens (tertiary/aromatic N) is 1. The Labute approximate surface area is 156 Å². The lowest BCUT2D eigenvalue weighted by Gasteiger charge is -2.15. The van der Waals surface area contributed by atoms with Crippen LogP contribution in [0.4, 0.5) is 24.5 Å². The Hall–Kier alpha value is -3.63. The van der Waals surface area contributed by atoms with Crippen LogP contribution < -0.4 is 15.4 Å². The Balaban J connectivity index is 2.01. The van der Waals surface area contributed by atoms with E-state index in [2.05, 4.69) is 15.4 Å². The molecule has 0 fully saturated rings. The van der Waals surface area contributed by atoms with E-state index in [-0.39, 0.29) is 16.9 Å². The fourth-order valence-corrected chi connectivity index (χ4v) is 2.13. The van der Waals surface area contributed by atoms with E-state index >= 15 is 0 Å². The number of hydrogen-bond acceptors (Lipinski definition) is 5. The molecule has 0 saturated carbocycles. The fraction of sp³-hybridized carbons (Fsp3) is 0.176. The highest BCUT2D eigenvalue weighted by Gasteiger charge is 2.31. The highest BCUT2D eigenvalue weighted by molar-refractivity contribution is 6.01. The summed E-state index contributed by atoms with van der Waals surface area (Å²) >= 11 is 0. The molecule has 2 N–H and O–H groups in total. The zero-order chi connectivity index (χ0) is 20.9. The van der Waals surface area contributed by atoms with Gasteiger partial charge in [-0.2, -0.15) is 0 Å². The minimum atomic E-state index is -4.87. The Bertz CT molecular complexity index is 902. The zero-order valence-corrected chi connectivity index (χ0v) is 14.3. The minimum absolute atomic E-state index is 0.0191. The fourth-order valence-electron chi connectivity index (χ4n) is 2.13. The third kappa shape index (κ3) is 5.97. The van der Waals surface area contributed by atoms with Crippen LogP contribution >= 0.6 is 0 Å². The van der Waals surface area contributed by atoms with Crippen LogP contribution in [0, 0.1) is 10.1 Å².